The van der Waals surface area contributed by atoms with Gasteiger partial charge in [0.25, 0.3) is 5.60 Å². The third kappa shape index (κ3) is 2.21. The molecular weight excluding hydrogens is 189 g/mol. The first-order chi connectivity index (χ1) is 5.79. The Labute approximate surface area is 72.8 Å². The monoisotopic (exact) mass is 198 g/mol. The molecule has 1 N–H and O–H groups in total. The van der Waals surface area contributed by atoms with E-state index in [2.05, 4.69) is 11.3 Å². The molecule has 1 atom stereocenters. The van der Waals surface area contributed by atoms with Gasteiger partial charge in [-0.15, -0.1) is 6.58 Å². The van der Waals surface area contributed by atoms with Crippen LogP contribution in [0, 0.1) is 0 Å². The molecule has 0 aliphatic rings. The van der Waals surface area contributed by atoms with E-state index in [4.69, 9.17) is 5.11 Å². The van der Waals surface area contributed by atoms with Crippen LogP contribution in [0.25, 0.3) is 0 Å². The molecule has 1 unspecified atom stereocenters. The molecule has 0 saturated heterocycles. The van der Waals surface area contributed by atoms with E-state index < -0.39 is 24.2 Å². The molecule has 0 aromatic heterocycles. The van der Waals surface area contributed by atoms with Crippen LogP contribution >= 0.6 is 0 Å². The summed E-state index contributed by atoms with van der Waals surface area (Å²) in [5.41, 5.74) is -3.48. The third-order valence-corrected chi connectivity index (χ3v) is 1.43. The molecule has 6 heteroatoms. The molecule has 13 heavy (non-hydrogen) atoms. The second kappa shape index (κ2) is 3.78. The van der Waals surface area contributed by atoms with Crippen molar-refractivity contribution in [1.29, 1.82) is 0 Å². The van der Waals surface area contributed by atoms with Gasteiger partial charge in [0.1, 0.15) is 0 Å². The Morgan fingerprint density at radius 2 is 2.08 bits per heavy atom. The van der Waals surface area contributed by atoms with Gasteiger partial charge in [-0.2, -0.15) is 13.2 Å². The summed E-state index contributed by atoms with van der Waals surface area (Å²) in [5, 5.41) is 8.95. The summed E-state index contributed by atoms with van der Waals surface area (Å²) in [6, 6.07) is 0. The van der Waals surface area contributed by atoms with Gasteiger partial charge >= 0.3 is 12.1 Å². The number of ether oxygens (including phenoxy) is 1. The molecule has 0 aliphatic heterocycles. The largest absolute Gasteiger partial charge is 0.467 e. The Hall–Kier alpha value is -1.04. The SMILES string of the molecule is C=CCC(O)(C(=O)OC)C(F)(F)F. The number of halogens is 3. The minimum atomic E-state index is -5.06. The Morgan fingerprint density at radius 3 is 2.31 bits per heavy atom. The van der Waals surface area contributed by atoms with Gasteiger partial charge in [-0.25, -0.2) is 4.79 Å². The highest BCUT2D eigenvalue weighted by Gasteiger charge is 2.59. The topological polar surface area (TPSA) is 46.5 Å². The van der Waals surface area contributed by atoms with E-state index in [1.807, 2.05) is 0 Å². The lowest BCUT2D eigenvalue weighted by atomic mass is 9.99. The Kier molecular flexibility index (Phi) is 3.48. The fourth-order valence-electron chi connectivity index (χ4n) is 0.693. The first-order valence-corrected chi connectivity index (χ1v) is 3.28. The number of methoxy groups -OCH3 is 1. The number of esters is 1. The smallest absolute Gasteiger partial charge is 0.428 e. The molecule has 0 amide bonds. The van der Waals surface area contributed by atoms with Crippen LogP contribution in [0.2, 0.25) is 0 Å². The van der Waals surface area contributed by atoms with E-state index in [1.165, 1.54) is 0 Å². The van der Waals surface area contributed by atoms with Crippen LogP contribution in [-0.4, -0.2) is 30.0 Å². The normalized spacial score (nSPS) is 16.1. The van der Waals surface area contributed by atoms with Crippen molar-refractivity contribution in [1.82, 2.24) is 0 Å². The number of hydrogen-bond donors (Lipinski definition) is 1. The zero-order valence-corrected chi connectivity index (χ0v) is 6.89. The van der Waals surface area contributed by atoms with E-state index in [0.717, 1.165) is 13.2 Å². The molecule has 0 rings (SSSR count). The van der Waals surface area contributed by atoms with Crippen molar-refractivity contribution in [2.75, 3.05) is 7.11 Å². The first kappa shape index (κ1) is 12.0. The van der Waals surface area contributed by atoms with E-state index in [1.54, 1.807) is 0 Å². The van der Waals surface area contributed by atoms with Crippen LogP contribution in [0.1, 0.15) is 6.42 Å². The number of hydrogen-bond acceptors (Lipinski definition) is 3. The average Bonchev–Trinajstić information content (AvgIpc) is 2.01. The van der Waals surface area contributed by atoms with Gasteiger partial charge < -0.3 is 9.84 Å². The Morgan fingerprint density at radius 1 is 1.62 bits per heavy atom. The fourth-order valence-corrected chi connectivity index (χ4v) is 0.693. The average molecular weight is 198 g/mol. The molecule has 0 aromatic carbocycles. The second-order valence-corrected chi connectivity index (χ2v) is 2.34. The van der Waals surface area contributed by atoms with Crippen LogP contribution in [0.4, 0.5) is 13.2 Å². The van der Waals surface area contributed by atoms with Crippen LogP contribution in [0.3, 0.4) is 0 Å². The van der Waals surface area contributed by atoms with Crippen molar-refractivity contribution in [3.05, 3.63) is 12.7 Å². The minimum absolute atomic E-state index is 0.766. The highest BCUT2D eigenvalue weighted by atomic mass is 19.4. The van der Waals surface area contributed by atoms with Gasteiger partial charge in [-0.1, -0.05) is 6.08 Å². The highest BCUT2D eigenvalue weighted by molar-refractivity contribution is 5.80. The maximum Gasteiger partial charge on any atom is 0.428 e. The van der Waals surface area contributed by atoms with Gasteiger partial charge in [-0.3, -0.25) is 0 Å². The lowest BCUT2D eigenvalue weighted by molar-refractivity contribution is -0.260. The molecule has 0 heterocycles. The maximum atomic E-state index is 12.1. The van der Waals surface area contributed by atoms with Crippen molar-refractivity contribution in [3.8, 4) is 0 Å². The van der Waals surface area contributed by atoms with Crippen LogP contribution < -0.4 is 0 Å². The molecule has 3 nitrogen and oxygen atoms in total. The molecule has 0 aromatic rings. The molecule has 0 bridgehead atoms. The predicted octanol–water partition coefficient (Wildman–Crippen LogP) is 1.03. The van der Waals surface area contributed by atoms with Crippen LogP contribution in [0.5, 0.6) is 0 Å². The standard InChI is InChI=1S/C7H9F3O3/c1-3-4-6(12,5(11)13-2)7(8,9)10/h3,12H,1,4H2,2H3. The van der Waals surface area contributed by atoms with E-state index in [9.17, 15) is 18.0 Å². The molecule has 0 fully saturated rings. The second-order valence-electron chi connectivity index (χ2n) is 2.34. The lowest BCUT2D eigenvalue weighted by Gasteiger charge is -2.26. The van der Waals surface area contributed by atoms with Gasteiger partial charge in [0, 0.05) is 6.42 Å². The molecule has 76 valence electrons. The molecular formula is C7H9F3O3. The zero-order chi connectivity index (χ0) is 10.7. The molecule has 0 spiro atoms. The Balaban J connectivity index is 4.94. The number of aliphatic hydroxyl groups is 1. The van der Waals surface area contributed by atoms with E-state index in [-0.39, 0.29) is 0 Å². The van der Waals surface area contributed by atoms with Gasteiger partial charge in [0.2, 0.25) is 0 Å². The number of carbonyl (C=O) groups excluding carboxylic acids is 1. The summed E-state index contributed by atoms with van der Waals surface area (Å²) in [6.45, 7) is 3.01. The summed E-state index contributed by atoms with van der Waals surface area (Å²) in [5.74, 6) is -1.74. The van der Waals surface area contributed by atoms with Crippen molar-refractivity contribution in [2.24, 2.45) is 0 Å². The quantitative estimate of drug-likeness (QED) is 0.544. The van der Waals surface area contributed by atoms with Crippen LogP contribution in [-0.2, 0) is 9.53 Å². The van der Waals surface area contributed by atoms with Gasteiger partial charge in [0.15, 0.2) is 0 Å². The maximum absolute atomic E-state index is 12.1. The predicted molar refractivity (Wildman–Crippen MR) is 37.8 cm³/mol. The molecule has 0 aliphatic carbocycles. The summed E-state index contributed by atoms with van der Waals surface area (Å²) in [4.78, 5) is 10.6. The number of carbonyl (C=O) groups is 1. The van der Waals surface area contributed by atoms with E-state index in [0.29, 0.717) is 0 Å². The number of rotatable bonds is 3. The van der Waals surface area contributed by atoms with Crippen molar-refractivity contribution >= 4 is 5.97 Å². The van der Waals surface area contributed by atoms with Gasteiger partial charge in [0.05, 0.1) is 7.11 Å². The van der Waals surface area contributed by atoms with Crippen molar-refractivity contribution in [2.45, 2.75) is 18.2 Å². The van der Waals surface area contributed by atoms with E-state index >= 15 is 0 Å². The zero-order valence-electron chi connectivity index (χ0n) is 6.89. The minimum Gasteiger partial charge on any atom is -0.467 e. The summed E-state index contributed by atoms with van der Waals surface area (Å²) < 4.78 is 40.2. The summed E-state index contributed by atoms with van der Waals surface area (Å²) >= 11 is 0. The molecule has 0 saturated carbocycles. The lowest BCUT2D eigenvalue weighted by Crippen LogP contribution is -2.52. The Bertz CT molecular complexity index is 212. The third-order valence-electron chi connectivity index (χ3n) is 1.43. The number of alkyl halides is 3. The first-order valence-electron chi connectivity index (χ1n) is 3.28. The fraction of sp³-hybridized carbons (Fsp3) is 0.571. The van der Waals surface area contributed by atoms with Crippen molar-refractivity contribution in [3.63, 3.8) is 0 Å². The molecule has 0 radical (unpaired) electrons. The highest BCUT2D eigenvalue weighted by Crippen LogP contribution is 2.34. The van der Waals surface area contributed by atoms with Gasteiger partial charge in [-0.05, 0) is 0 Å². The summed E-state index contributed by atoms with van der Waals surface area (Å²) in [6.07, 6.45) is -5.19. The van der Waals surface area contributed by atoms with Crippen LogP contribution in [0.15, 0.2) is 12.7 Å². The summed E-state index contributed by atoms with van der Waals surface area (Å²) in [7, 11) is 0.766. The van der Waals surface area contributed by atoms with Crippen molar-refractivity contribution < 1.29 is 27.8 Å².